The molecule has 1 aromatic heterocycles. The smallest absolute Gasteiger partial charge is 0.276 e. The summed E-state index contributed by atoms with van der Waals surface area (Å²) in [7, 11) is 0. The number of carbonyl (C=O) groups is 1. The van der Waals surface area contributed by atoms with Crippen molar-refractivity contribution in [1.82, 2.24) is 10.2 Å². The van der Waals surface area contributed by atoms with Gasteiger partial charge in [-0.15, -0.1) is 10.2 Å². The number of benzene rings is 2. The topological polar surface area (TPSA) is 66.9 Å². The van der Waals surface area contributed by atoms with Gasteiger partial charge in [-0.2, -0.15) is 0 Å². The van der Waals surface area contributed by atoms with Crippen LogP contribution >= 0.6 is 0 Å². The van der Waals surface area contributed by atoms with E-state index in [0.717, 1.165) is 18.6 Å². The number of halogens is 2. The van der Waals surface area contributed by atoms with Gasteiger partial charge in [0.15, 0.2) is 23.1 Å². The molecule has 7 heteroatoms. The van der Waals surface area contributed by atoms with Crippen LogP contribution < -0.4 is 10.6 Å². The van der Waals surface area contributed by atoms with Crippen LogP contribution in [0, 0.1) is 11.6 Å². The molecule has 0 spiro atoms. The Bertz CT molecular complexity index is 912. The maximum Gasteiger partial charge on any atom is 0.276 e. The van der Waals surface area contributed by atoms with Crippen molar-refractivity contribution in [3.05, 3.63) is 77.5 Å². The molecule has 0 aliphatic heterocycles. The van der Waals surface area contributed by atoms with Crippen molar-refractivity contribution in [2.45, 2.75) is 13.3 Å². The molecule has 0 atom stereocenters. The SMILES string of the molecule is CCc1ccc(NC(=O)c2ccc(Nc3ccc(F)c(F)c3)nn2)cc1. The van der Waals surface area contributed by atoms with E-state index in [4.69, 9.17) is 0 Å². The highest BCUT2D eigenvalue weighted by Crippen LogP contribution is 2.17. The lowest BCUT2D eigenvalue weighted by atomic mass is 10.1. The minimum atomic E-state index is -0.965. The number of hydrogen-bond acceptors (Lipinski definition) is 4. The van der Waals surface area contributed by atoms with Crippen molar-refractivity contribution in [2.24, 2.45) is 0 Å². The summed E-state index contributed by atoms with van der Waals surface area (Å²) in [6, 6.07) is 13.9. The highest BCUT2D eigenvalue weighted by Gasteiger charge is 2.09. The van der Waals surface area contributed by atoms with Crippen LogP contribution in [0.15, 0.2) is 54.6 Å². The van der Waals surface area contributed by atoms with E-state index in [1.807, 2.05) is 24.3 Å². The molecular formula is C19H16F2N4O. The van der Waals surface area contributed by atoms with Gasteiger partial charge in [0.05, 0.1) is 0 Å². The highest BCUT2D eigenvalue weighted by molar-refractivity contribution is 6.02. The fourth-order valence-electron chi connectivity index (χ4n) is 2.26. The Morgan fingerprint density at radius 2 is 1.65 bits per heavy atom. The number of aromatic nitrogens is 2. The van der Waals surface area contributed by atoms with Crippen LogP contribution in [0.1, 0.15) is 23.0 Å². The molecule has 0 aliphatic rings. The predicted octanol–water partition coefficient (Wildman–Crippen LogP) is 4.31. The van der Waals surface area contributed by atoms with Crippen LogP contribution in [0.4, 0.5) is 26.0 Å². The van der Waals surface area contributed by atoms with Gasteiger partial charge in [-0.05, 0) is 48.4 Å². The average molecular weight is 354 g/mol. The van der Waals surface area contributed by atoms with E-state index in [-0.39, 0.29) is 11.6 Å². The number of nitrogens with one attached hydrogen (secondary N) is 2. The summed E-state index contributed by atoms with van der Waals surface area (Å²) >= 11 is 0. The van der Waals surface area contributed by atoms with Crippen LogP contribution in [-0.4, -0.2) is 16.1 Å². The third kappa shape index (κ3) is 4.18. The molecular weight excluding hydrogens is 338 g/mol. The molecule has 3 aromatic rings. The third-order valence-corrected chi connectivity index (χ3v) is 3.71. The lowest BCUT2D eigenvalue weighted by molar-refractivity contribution is 0.102. The zero-order valence-corrected chi connectivity index (χ0v) is 14.0. The van der Waals surface area contributed by atoms with Crippen molar-refractivity contribution >= 4 is 23.1 Å². The first-order valence-electron chi connectivity index (χ1n) is 8.01. The van der Waals surface area contributed by atoms with E-state index >= 15 is 0 Å². The van der Waals surface area contributed by atoms with E-state index in [0.29, 0.717) is 17.2 Å². The minimum Gasteiger partial charge on any atom is -0.339 e. The fraction of sp³-hybridized carbons (Fsp3) is 0.105. The molecule has 3 rings (SSSR count). The van der Waals surface area contributed by atoms with E-state index in [2.05, 4.69) is 27.8 Å². The number of rotatable bonds is 5. The summed E-state index contributed by atoms with van der Waals surface area (Å²) in [5.74, 6) is -1.98. The molecule has 1 amide bonds. The number of anilines is 3. The molecule has 0 bridgehead atoms. The van der Waals surface area contributed by atoms with Gasteiger partial charge in [0.2, 0.25) is 0 Å². The van der Waals surface area contributed by atoms with Crippen LogP contribution in [0.2, 0.25) is 0 Å². The molecule has 0 saturated carbocycles. The predicted molar refractivity (Wildman–Crippen MR) is 95.4 cm³/mol. The van der Waals surface area contributed by atoms with Crippen molar-refractivity contribution < 1.29 is 13.6 Å². The van der Waals surface area contributed by atoms with Gasteiger partial charge in [-0.25, -0.2) is 8.78 Å². The maximum absolute atomic E-state index is 13.2. The van der Waals surface area contributed by atoms with E-state index in [1.165, 1.54) is 23.8 Å². The van der Waals surface area contributed by atoms with Gasteiger partial charge in [0.25, 0.3) is 5.91 Å². The Kier molecular flexibility index (Phi) is 5.17. The first-order chi connectivity index (χ1) is 12.5. The third-order valence-electron chi connectivity index (χ3n) is 3.71. The maximum atomic E-state index is 13.2. The Hall–Kier alpha value is -3.35. The van der Waals surface area contributed by atoms with E-state index in [1.54, 1.807) is 0 Å². The average Bonchev–Trinajstić information content (AvgIpc) is 2.66. The number of carbonyl (C=O) groups excluding carboxylic acids is 1. The molecule has 0 fully saturated rings. The standard InChI is InChI=1S/C19H16F2N4O/c1-2-12-3-5-13(6-4-12)23-19(26)17-9-10-18(25-24-17)22-14-7-8-15(20)16(21)11-14/h3-11H,2H2,1H3,(H,22,25)(H,23,26). The van der Waals surface area contributed by atoms with Crippen molar-refractivity contribution in [1.29, 1.82) is 0 Å². The summed E-state index contributed by atoms with van der Waals surface area (Å²) < 4.78 is 26.1. The monoisotopic (exact) mass is 354 g/mol. The van der Waals surface area contributed by atoms with Gasteiger partial charge in [0.1, 0.15) is 0 Å². The Labute approximate surface area is 149 Å². The lowest BCUT2D eigenvalue weighted by Crippen LogP contribution is -2.14. The first kappa shape index (κ1) is 17.5. The minimum absolute atomic E-state index is 0.139. The Morgan fingerprint density at radius 3 is 2.27 bits per heavy atom. The van der Waals surface area contributed by atoms with Gasteiger partial charge in [-0.3, -0.25) is 4.79 Å². The molecule has 0 unspecified atom stereocenters. The number of amides is 1. The zero-order chi connectivity index (χ0) is 18.5. The molecule has 5 nitrogen and oxygen atoms in total. The van der Waals surface area contributed by atoms with Crippen LogP contribution in [-0.2, 0) is 6.42 Å². The second-order valence-electron chi connectivity index (χ2n) is 5.56. The Balaban J connectivity index is 1.66. The van der Waals surface area contributed by atoms with Crippen LogP contribution in [0.25, 0.3) is 0 Å². The molecule has 132 valence electrons. The summed E-state index contributed by atoms with van der Waals surface area (Å²) in [6.45, 7) is 2.05. The molecule has 0 radical (unpaired) electrons. The fourth-order valence-corrected chi connectivity index (χ4v) is 2.26. The molecule has 2 N–H and O–H groups in total. The van der Waals surface area contributed by atoms with Crippen molar-refractivity contribution in [3.8, 4) is 0 Å². The number of hydrogen-bond donors (Lipinski definition) is 2. The van der Waals surface area contributed by atoms with Crippen molar-refractivity contribution in [3.63, 3.8) is 0 Å². The van der Waals surface area contributed by atoms with Gasteiger partial charge in [0, 0.05) is 17.4 Å². The van der Waals surface area contributed by atoms with E-state index in [9.17, 15) is 13.6 Å². The molecule has 0 aliphatic carbocycles. The quantitative estimate of drug-likeness (QED) is 0.716. The summed E-state index contributed by atoms with van der Waals surface area (Å²) in [5.41, 5.74) is 2.31. The number of aryl methyl sites for hydroxylation is 1. The molecule has 1 heterocycles. The Morgan fingerprint density at radius 1 is 0.923 bits per heavy atom. The highest BCUT2D eigenvalue weighted by atomic mass is 19.2. The van der Waals surface area contributed by atoms with Gasteiger partial charge < -0.3 is 10.6 Å². The molecule has 2 aromatic carbocycles. The second kappa shape index (κ2) is 7.69. The zero-order valence-electron chi connectivity index (χ0n) is 14.0. The first-order valence-corrected chi connectivity index (χ1v) is 8.01. The lowest BCUT2D eigenvalue weighted by Gasteiger charge is -2.07. The molecule has 26 heavy (non-hydrogen) atoms. The van der Waals surface area contributed by atoms with Gasteiger partial charge in [-0.1, -0.05) is 19.1 Å². The number of nitrogens with zero attached hydrogens (tertiary/aromatic N) is 2. The normalized spacial score (nSPS) is 10.4. The summed E-state index contributed by atoms with van der Waals surface area (Å²) in [4.78, 5) is 12.2. The largest absolute Gasteiger partial charge is 0.339 e. The molecule has 0 saturated heterocycles. The van der Waals surface area contributed by atoms with Crippen LogP contribution in [0.5, 0.6) is 0 Å². The summed E-state index contributed by atoms with van der Waals surface area (Å²) in [6.07, 6.45) is 0.923. The van der Waals surface area contributed by atoms with Gasteiger partial charge >= 0.3 is 0 Å². The summed E-state index contributed by atoms with van der Waals surface area (Å²) in [5, 5.41) is 13.3. The van der Waals surface area contributed by atoms with Crippen LogP contribution in [0.3, 0.4) is 0 Å². The van der Waals surface area contributed by atoms with E-state index < -0.39 is 11.6 Å². The second-order valence-corrected chi connectivity index (χ2v) is 5.56. The van der Waals surface area contributed by atoms with Crippen molar-refractivity contribution in [2.75, 3.05) is 10.6 Å².